The van der Waals surface area contributed by atoms with Crippen molar-refractivity contribution in [3.8, 4) is 0 Å². The fraction of sp³-hybridized carbons (Fsp3) is 0.789. The Kier molecular flexibility index (Phi) is 7.35. The summed E-state index contributed by atoms with van der Waals surface area (Å²) in [4.78, 5) is 55.5. The summed E-state index contributed by atoms with van der Waals surface area (Å²) in [6, 6.07) is -2.07. The fourth-order valence-corrected chi connectivity index (χ4v) is 3.89. The summed E-state index contributed by atoms with van der Waals surface area (Å²) in [6.45, 7) is 6.94. The third-order valence-electron chi connectivity index (χ3n) is 5.51. The Morgan fingerprint density at radius 1 is 1.10 bits per heavy atom. The molecule has 3 aliphatic heterocycles. The molecular formula is C19H32N6O5. The second-order valence-electron chi connectivity index (χ2n) is 8.14. The number of hydrogen-bond acceptors (Lipinski definition) is 5. The van der Waals surface area contributed by atoms with Crippen molar-refractivity contribution in [1.29, 1.82) is 0 Å². The van der Waals surface area contributed by atoms with Gasteiger partial charge in [-0.15, -0.1) is 0 Å². The van der Waals surface area contributed by atoms with Gasteiger partial charge in [0.2, 0.25) is 11.8 Å². The molecule has 11 heteroatoms. The highest BCUT2D eigenvalue weighted by Gasteiger charge is 2.39. The van der Waals surface area contributed by atoms with E-state index in [1.807, 2.05) is 13.8 Å². The van der Waals surface area contributed by atoms with E-state index < -0.39 is 18.0 Å². The zero-order valence-electron chi connectivity index (χ0n) is 17.7. The van der Waals surface area contributed by atoms with Gasteiger partial charge in [0.15, 0.2) is 0 Å². The number of carbonyl (C=O) groups is 4. The molecule has 3 heterocycles. The van der Waals surface area contributed by atoms with Crippen molar-refractivity contribution in [3.05, 3.63) is 0 Å². The highest BCUT2D eigenvalue weighted by molar-refractivity contribution is 5.93. The van der Waals surface area contributed by atoms with Crippen molar-refractivity contribution in [2.24, 2.45) is 0 Å². The average molecular weight is 425 g/mol. The van der Waals surface area contributed by atoms with E-state index in [2.05, 4.69) is 16.0 Å². The SMILES string of the molecule is CC(C)NC(=O)N1CCN(C(=O)N2CCOCC2)C[C@H]1C(=O)N[C@H]1CCCNC1=O. The lowest BCUT2D eigenvalue weighted by Crippen LogP contribution is -2.66. The number of ether oxygens (including phenoxy) is 1. The minimum atomic E-state index is -0.864. The van der Waals surface area contributed by atoms with Gasteiger partial charge in [0.1, 0.15) is 12.1 Å². The number of amides is 6. The van der Waals surface area contributed by atoms with Crippen molar-refractivity contribution in [2.45, 2.75) is 44.8 Å². The summed E-state index contributed by atoms with van der Waals surface area (Å²) in [7, 11) is 0. The molecule has 168 valence electrons. The van der Waals surface area contributed by atoms with E-state index in [1.165, 1.54) is 4.90 Å². The van der Waals surface area contributed by atoms with Crippen LogP contribution in [-0.2, 0) is 14.3 Å². The second-order valence-corrected chi connectivity index (χ2v) is 8.14. The maximum Gasteiger partial charge on any atom is 0.320 e. The summed E-state index contributed by atoms with van der Waals surface area (Å²) >= 11 is 0. The lowest BCUT2D eigenvalue weighted by Gasteiger charge is -2.43. The van der Waals surface area contributed by atoms with E-state index in [4.69, 9.17) is 4.74 Å². The van der Waals surface area contributed by atoms with Crippen molar-refractivity contribution < 1.29 is 23.9 Å². The molecule has 30 heavy (non-hydrogen) atoms. The molecule has 2 atom stereocenters. The minimum Gasteiger partial charge on any atom is -0.378 e. The number of hydrogen-bond donors (Lipinski definition) is 3. The maximum atomic E-state index is 13.1. The van der Waals surface area contributed by atoms with Gasteiger partial charge in [-0.1, -0.05) is 0 Å². The van der Waals surface area contributed by atoms with E-state index >= 15 is 0 Å². The molecule has 0 spiro atoms. The van der Waals surface area contributed by atoms with Crippen LogP contribution >= 0.6 is 0 Å². The summed E-state index contributed by atoms with van der Waals surface area (Å²) in [5, 5.41) is 8.33. The molecule has 3 N–H and O–H groups in total. The van der Waals surface area contributed by atoms with Crippen LogP contribution < -0.4 is 16.0 Å². The highest BCUT2D eigenvalue weighted by atomic mass is 16.5. The summed E-state index contributed by atoms with van der Waals surface area (Å²) in [6.07, 6.45) is 1.33. The zero-order valence-corrected chi connectivity index (χ0v) is 17.7. The van der Waals surface area contributed by atoms with E-state index in [0.29, 0.717) is 45.8 Å². The molecule has 0 bridgehead atoms. The van der Waals surface area contributed by atoms with Gasteiger partial charge in [0.05, 0.1) is 19.8 Å². The quantitative estimate of drug-likeness (QED) is 0.533. The predicted octanol–water partition coefficient (Wildman–Crippen LogP) is -1.06. The van der Waals surface area contributed by atoms with Crippen LogP contribution in [0.5, 0.6) is 0 Å². The molecule has 0 radical (unpaired) electrons. The minimum absolute atomic E-state index is 0.0849. The van der Waals surface area contributed by atoms with Crippen LogP contribution in [0, 0.1) is 0 Å². The Morgan fingerprint density at radius 3 is 2.50 bits per heavy atom. The highest BCUT2D eigenvalue weighted by Crippen LogP contribution is 2.15. The van der Waals surface area contributed by atoms with E-state index in [0.717, 1.165) is 6.42 Å². The standard InChI is InChI=1S/C19H32N6O5/c1-13(2)21-18(28)25-7-6-24(19(29)23-8-10-30-11-9-23)12-15(25)17(27)22-14-4-3-5-20-16(14)26/h13-15H,3-12H2,1-2H3,(H,20,26)(H,21,28)(H,22,27)/t14-,15-/m0/s1. The van der Waals surface area contributed by atoms with Crippen LogP contribution in [0.2, 0.25) is 0 Å². The van der Waals surface area contributed by atoms with E-state index in [9.17, 15) is 19.2 Å². The van der Waals surface area contributed by atoms with Crippen molar-refractivity contribution in [1.82, 2.24) is 30.7 Å². The van der Waals surface area contributed by atoms with Gasteiger partial charge in [-0.25, -0.2) is 9.59 Å². The average Bonchev–Trinajstić information content (AvgIpc) is 2.74. The van der Waals surface area contributed by atoms with Crippen LogP contribution in [0.25, 0.3) is 0 Å². The first-order chi connectivity index (χ1) is 14.4. The Balaban J connectivity index is 1.71. The lowest BCUT2D eigenvalue weighted by atomic mass is 10.1. The Hall–Kier alpha value is -2.56. The van der Waals surface area contributed by atoms with Gasteiger partial charge in [-0.05, 0) is 26.7 Å². The predicted molar refractivity (Wildman–Crippen MR) is 108 cm³/mol. The number of morpholine rings is 1. The van der Waals surface area contributed by atoms with Gasteiger partial charge in [0, 0.05) is 38.8 Å². The van der Waals surface area contributed by atoms with Gasteiger partial charge < -0.3 is 35.4 Å². The number of rotatable bonds is 3. The molecule has 6 amide bonds. The molecule has 0 unspecified atom stereocenters. The largest absolute Gasteiger partial charge is 0.378 e. The second kappa shape index (κ2) is 9.96. The number of urea groups is 2. The summed E-state index contributed by atoms with van der Waals surface area (Å²) in [5.41, 5.74) is 0. The molecule has 0 aromatic rings. The van der Waals surface area contributed by atoms with Crippen LogP contribution in [0.4, 0.5) is 9.59 Å². The topological polar surface area (TPSA) is 123 Å². The molecule has 0 aromatic carbocycles. The first-order valence-electron chi connectivity index (χ1n) is 10.6. The molecule has 0 saturated carbocycles. The zero-order chi connectivity index (χ0) is 21.7. The number of piperidine rings is 1. The van der Waals surface area contributed by atoms with Gasteiger partial charge >= 0.3 is 12.1 Å². The van der Waals surface area contributed by atoms with Crippen molar-refractivity contribution in [3.63, 3.8) is 0 Å². The third-order valence-corrected chi connectivity index (χ3v) is 5.51. The van der Waals surface area contributed by atoms with E-state index in [-0.39, 0.29) is 37.1 Å². The van der Waals surface area contributed by atoms with Gasteiger partial charge in [0.25, 0.3) is 0 Å². The van der Waals surface area contributed by atoms with Crippen LogP contribution in [-0.4, -0.2) is 109 Å². The molecular weight excluding hydrogens is 392 g/mol. The Morgan fingerprint density at radius 2 is 1.83 bits per heavy atom. The molecule has 3 rings (SSSR count). The normalized spacial score (nSPS) is 25.0. The lowest BCUT2D eigenvalue weighted by molar-refractivity contribution is -0.133. The molecule has 11 nitrogen and oxygen atoms in total. The number of piperazine rings is 1. The fourth-order valence-electron chi connectivity index (χ4n) is 3.89. The number of nitrogens with one attached hydrogen (secondary N) is 3. The van der Waals surface area contributed by atoms with Crippen molar-refractivity contribution in [2.75, 3.05) is 52.5 Å². The van der Waals surface area contributed by atoms with Crippen LogP contribution in [0.3, 0.4) is 0 Å². The van der Waals surface area contributed by atoms with E-state index in [1.54, 1.807) is 9.80 Å². The Bertz CT molecular complexity index is 666. The van der Waals surface area contributed by atoms with Gasteiger partial charge in [-0.3, -0.25) is 9.59 Å². The third kappa shape index (κ3) is 5.32. The van der Waals surface area contributed by atoms with Gasteiger partial charge in [-0.2, -0.15) is 0 Å². The first kappa shape index (κ1) is 22.1. The van der Waals surface area contributed by atoms with Crippen LogP contribution in [0.15, 0.2) is 0 Å². The van der Waals surface area contributed by atoms with Crippen LogP contribution in [0.1, 0.15) is 26.7 Å². The Labute approximate surface area is 176 Å². The van der Waals surface area contributed by atoms with Crippen molar-refractivity contribution >= 4 is 23.9 Å². The molecule has 3 fully saturated rings. The summed E-state index contributed by atoms with van der Waals surface area (Å²) in [5.74, 6) is -0.639. The summed E-state index contributed by atoms with van der Waals surface area (Å²) < 4.78 is 5.30. The first-order valence-corrected chi connectivity index (χ1v) is 10.6. The maximum absolute atomic E-state index is 13.1. The molecule has 3 saturated heterocycles. The number of nitrogens with zero attached hydrogens (tertiary/aromatic N) is 3. The monoisotopic (exact) mass is 424 g/mol. The molecule has 0 aromatic heterocycles. The molecule has 3 aliphatic rings. The smallest absolute Gasteiger partial charge is 0.320 e. The number of carbonyl (C=O) groups excluding carboxylic acids is 4. The molecule has 0 aliphatic carbocycles.